The third-order valence-electron chi connectivity index (χ3n) is 3.34. The number of amides is 1. The van der Waals surface area contributed by atoms with Gasteiger partial charge in [0.05, 0.1) is 0 Å². The molecule has 1 aliphatic carbocycles. The number of hydrogen-bond donors (Lipinski definition) is 2. The van der Waals surface area contributed by atoms with Crippen LogP contribution in [0.1, 0.15) is 25.7 Å². The summed E-state index contributed by atoms with van der Waals surface area (Å²) >= 11 is 7.40. The minimum absolute atomic E-state index is 0.0220. The van der Waals surface area contributed by atoms with Gasteiger partial charge in [0.2, 0.25) is 5.91 Å². The summed E-state index contributed by atoms with van der Waals surface area (Å²) in [6, 6.07) is 2.04. The Morgan fingerprint density at radius 1 is 1.42 bits per heavy atom. The predicted molar refractivity (Wildman–Crippen MR) is 77.4 cm³/mol. The van der Waals surface area contributed by atoms with Crippen LogP contribution in [0.3, 0.4) is 0 Å². The molecule has 0 atom stereocenters. The van der Waals surface area contributed by atoms with Crippen molar-refractivity contribution in [3.63, 3.8) is 0 Å². The average Bonchev–Trinajstić information content (AvgIpc) is 2.38. The fourth-order valence-electron chi connectivity index (χ4n) is 2.29. The number of aromatic nitrogens is 2. The van der Waals surface area contributed by atoms with Gasteiger partial charge >= 0.3 is 0 Å². The van der Waals surface area contributed by atoms with Crippen LogP contribution in [0.2, 0.25) is 5.15 Å². The zero-order valence-electron chi connectivity index (χ0n) is 10.7. The normalized spacial score (nSPS) is 23.1. The van der Waals surface area contributed by atoms with Crippen molar-refractivity contribution in [1.82, 2.24) is 9.97 Å². The number of hydrogen-bond acceptors (Lipinski definition) is 5. The first-order valence-corrected chi connectivity index (χ1v) is 7.83. The molecule has 0 radical (unpaired) electrons. The van der Waals surface area contributed by atoms with Crippen molar-refractivity contribution >= 4 is 35.1 Å². The van der Waals surface area contributed by atoms with E-state index in [1.807, 2.05) is 6.26 Å². The molecule has 0 aliphatic heterocycles. The first kappa shape index (κ1) is 14.4. The van der Waals surface area contributed by atoms with Crippen LogP contribution in [0.5, 0.6) is 0 Å². The zero-order valence-corrected chi connectivity index (χ0v) is 12.3. The van der Waals surface area contributed by atoms with E-state index in [0.29, 0.717) is 16.4 Å². The first-order chi connectivity index (χ1) is 9.08. The van der Waals surface area contributed by atoms with Crippen LogP contribution >= 0.6 is 23.4 Å². The Kier molecular flexibility index (Phi) is 4.87. The molecule has 1 aromatic heterocycles. The second kappa shape index (κ2) is 6.43. The Morgan fingerprint density at radius 3 is 2.68 bits per heavy atom. The maximum absolute atomic E-state index is 11.1. The number of nitrogens with zero attached hydrogens (tertiary/aromatic N) is 2. The number of primary amides is 1. The van der Waals surface area contributed by atoms with E-state index in [2.05, 4.69) is 15.3 Å². The van der Waals surface area contributed by atoms with Crippen molar-refractivity contribution in [2.45, 2.75) is 36.9 Å². The minimum Gasteiger partial charge on any atom is -0.369 e. The summed E-state index contributed by atoms with van der Waals surface area (Å²) in [5, 5.41) is 4.45. The lowest BCUT2D eigenvalue weighted by Crippen LogP contribution is -2.32. The zero-order chi connectivity index (χ0) is 13.8. The third-order valence-corrected chi connectivity index (χ3v) is 4.08. The highest BCUT2D eigenvalue weighted by Gasteiger charge is 2.24. The maximum atomic E-state index is 11.1. The molecular weight excluding hydrogens is 284 g/mol. The van der Waals surface area contributed by atoms with Crippen molar-refractivity contribution in [3.8, 4) is 0 Å². The van der Waals surface area contributed by atoms with E-state index in [1.54, 1.807) is 6.07 Å². The maximum Gasteiger partial charge on any atom is 0.220 e. The van der Waals surface area contributed by atoms with Crippen LogP contribution in [0.25, 0.3) is 0 Å². The highest BCUT2D eigenvalue weighted by molar-refractivity contribution is 7.98. The van der Waals surface area contributed by atoms with E-state index < -0.39 is 0 Å². The first-order valence-electron chi connectivity index (χ1n) is 6.23. The molecule has 1 amide bonds. The van der Waals surface area contributed by atoms with Crippen LogP contribution in [-0.2, 0) is 4.79 Å². The van der Waals surface area contributed by atoms with E-state index in [9.17, 15) is 4.79 Å². The summed E-state index contributed by atoms with van der Waals surface area (Å²) in [5.41, 5.74) is 5.32. The molecule has 0 unspecified atom stereocenters. The Labute approximate surface area is 121 Å². The standard InChI is InChI=1S/C12H17ClN4OS/c1-19-12-16-9(13)6-10(17-12)15-8-4-2-7(3-5-8)11(14)18/h6-8H,2-5H2,1H3,(H2,14,18)(H,15,16,17). The van der Waals surface area contributed by atoms with Crippen molar-refractivity contribution in [2.24, 2.45) is 11.7 Å². The van der Waals surface area contributed by atoms with Crippen LogP contribution in [0.4, 0.5) is 5.82 Å². The molecule has 1 saturated carbocycles. The van der Waals surface area contributed by atoms with Gasteiger partial charge in [0.25, 0.3) is 0 Å². The van der Waals surface area contributed by atoms with E-state index >= 15 is 0 Å². The molecule has 1 aliphatic rings. The van der Waals surface area contributed by atoms with Crippen LogP contribution < -0.4 is 11.1 Å². The predicted octanol–water partition coefficient (Wildman–Crippen LogP) is 2.31. The molecule has 0 bridgehead atoms. The van der Waals surface area contributed by atoms with Gasteiger partial charge in [0, 0.05) is 18.0 Å². The Balaban J connectivity index is 1.95. The quantitative estimate of drug-likeness (QED) is 0.506. The van der Waals surface area contributed by atoms with Crippen molar-refractivity contribution in [1.29, 1.82) is 0 Å². The van der Waals surface area contributed by atoms with Crippen molar-refractivity contribution in [2.75, 3.05) is 11.6 Å². The van der Waals surface area contributed by atoms with Crippen LogP contribution in [0.15, 0.2) is 11.2 Å². The number of halogens is 1. The molecule has 0 spiro atoms. The van der Waals surface area contributed by atoms with E-state index in [0.717, 1.165) is 31.5 Å². The summed E-state index contributed by atoms with van der Waals surface area (Å²) in [6.07, 6.45) is 5.42. The highest BCUT2D eigenvalue weighted by atomic mass is 35.5. The number of carbonyl (C=O) groups is 1. The van der Waals surface area contributed by atoms with Crippen molar-refractivity contribution in [3.05, 3.63) is 11.2 Å². The lowest BCUT2D eigenvalue weighted by molar-refractivity contribution is -0.122. The number of carbonyl (C=O) groups excluding carboxylic acids is 1. The fraction of sp³-hybridized carbons (Fsp3) is 0.583. The average molecular weight is 301 g/mol. The Hall–Kier alpha value is -1.01. The molecule has 7 heteroatoms. The van der Waals surface area contributed by atoms with Gasteiger partial charge in [-0.2, -0.15) is 0 Å². The number of anilines is 1. The topological polar surface area (TPSA) is 80.9 Å². The molecule has 2 rings (SSSR count). The monoisotopic (exact) mass is 300 g/mol. The lowest BCUT2D eigenvalue weighted by Gasteiger charge is -2.27. The molecule has 1 fully saturated rings. The smallest absolute Gasteiger partial charge is 0.220 e. The Morgan fingerprint density at radius 2 is 2.11 bits per heavy atom. The summed E-state index contributed by atoms with van der Waals surface area (Å²) < 4.78 is 0. The lowest BCUT2D eigenvalue weighted by atomic mass is 9.85. The SMILES string of the molecule is CSc1nc(Cl)cc(NC2CCC(C(N)=O)CC2)n1. The second-order valence-electron chi connectivity index (χ2n) is 4.66. The minimum atomic E-state index is -0.187. The van der Waals surface area contributed by atoms with Gasteiger partial charge in [-0.3, -0.25) is 4.79 Å². The Bertz CT molecular complexity index is 463. The summed E-state index contributed by atoms with van der Waals surface area (Å²) in [4.78, 5) is 19.6. The van der Waals surface area contributed by atoms with E-state index in [-0.39, 0.29) is 11.8 Å². The number of nitrogens with one attached hydrogen (secondary N) is 1. The molecular formula is C12H17ClN4OS. The second-order valence-corrected chi connectivity index (χ2v) is 5.82. The van der Waals surface area contributed by atoms with E-state index in [4.69, 9.17) is 17.3 Å². The van der Waals surface area contributed by atoms with Gasteiger partial charge in [-0.05, 0) is 31.9 Å². The highest BCUT2D eigenvalue weighted by Crippen LogP contribution is 2.27. The summed E-state index contributed by atoms with van der Waals surface area (Å²) in [6.45, 7) is 0. The van der Waals surface area contributed by atoms with Gasteiger partial charge in [-0.25, -0.2) is 9.97 Å². The molecule has 19 heavy (non-hydrogen) atoms. The van der Waals surface area contributed by atoms with Crippen LogP contribution in [0, 0.1) is 5.92 Å². The van der Waals surface area contributed by atoms with Gasteiger partial charge in [-0.1, -0.05) is 23.4 Å². The van der Waals surface area contributed by atoms with Gasteiger partial charge < -0.3 is 11.1 Å². The van der Waals surface area contributed by atoms with Gasteiger partial charge in [0.15, 0.2) is 5.16 Å². The molecule has 3 N–H and O–H groups in total. The van der Waals surface area contributed by atoms with Gasteiger partial charge in [-0.15, -0.1) is 0 Å². The molecule has 0 aromatic carbocycles. The number of rotatable bonds is 4. The molecule has 1 heterocycles. The largest absolute Gasteiger partial charge is 0.369 e. The van der Waals surface area contributed by atoms with Gasteiger partial charge in [0.1, 0.15) is 11.0 Å². The number of nitrogens with two attached hydrogens (primary N) is 1. The summed E-state index contributed by atoms with van der Waals surface area (Å²) in [7, 11) is 0. The van der Waals surface area contributed by atoms with Crippen molar-refractivity contribution < 1.29 is 4.79 Å². The molecule has 1 aromatic rings. The molecule has 104 valence electrons. The molecule has 5 nitrogen and oxygen atoms in total. The third kappa shape index (κ3) is 3.98. The summed E-state index contributed by atoms with van der Waals surface area (Å²) in [5.74, 6) is 0.578. The fourth-order valence-corrected chi connectivity index (χ4v) is 2.91. The van der Waals surface area contributed by atoms with E-state index in [1.165, 1.54) is 11.8 Å². The molecule has 0 saturated heterocycles. The van der Waals surface area contributed by atoms with Crippen LogP contribution in [-0.4, -0.2) is 28.2 Å². The number of thioether (sulfide) groups is 1.